The summed E-state index contributed by atoms with van der Waals surface area (Å²) < 4.78 is 11.0. The van der Waals surface area contributed by atoms with Crippen LogP contribution in [0.15, 0.2) is 79.0 Å². The van der Waals surface area contributed by atoms with E-state index in [0.717, 1.165) is 5.56 Å². The molecule has 0 aliphatic carbocycles. The Morgan fingerprint density at radius 3 is 2.50 bits per heavy atom. The lowest BCUT2D eigenvalue weighted by Crippen LogP contribution is -2.49. The van der Waals surface area contributed by atoms with Crippen LogP contribution in [0.5, 0.6) is 0 Å². The summed E-state index contributed by atoms with van der Waals surface area (Å²) in [6, 6.07) is 19.1. The van der Waals surface area contributed by atoms with Crippen molar-refractivity contribution in [1.29, 1.82) is 0 Å². The van der Waals surface area contributed by atoms with Crippen molar-refractivity contribution in [3.8, 4) is 0 Å². The zero-order valence-corrected chi connectivity index (χ0v) is 24.3. The summed E-state index contributed by atoms with van der Waals surface area (Å²) >= 11 is 6.01. The topological polar surface area (TPSA) is 168 Å². The SMILES string of the molecule is O=C(COC1CC(CNc2ccccn2)N(OC(=O)OCc2ccccc2)C1)NCC(NC(=O)c1ccccc1Cl)C(=O)O. The van der Waals surface area contributed by atoms with Gasteiger partial charge in [-0.05, 0) is 36.2 Å². The quantitative estimate of drug-likeness (QED) is 0.194. The van der Waals surface area contributed by atoms with Gasteiger partial charge in [-0.15, -0.1) is 5.06 Å². The highest BCUT2D eigenvalue weighted by Gasteiger charge is 2.36. The van der Waals surface area contributed by atoms with Gasteiger partial charge in [-0.1, -0.05) is 60.1 Å². The van der Waals surface area contributed by atoms with E-state index < -0.39 is 36.1 Å². The van der Waals surface area contributed by atoms with Gasteiger partial charge < -0.3 is 35.4 Å². The number of rotatable bonds is 14. The van der Waals surface area contributed by atoms with Crippen LogP contribution in [0, 0.1) is 0 Å². The molecular weight excluding hydrogens is 594 g/mol. The molecule has 1 aliphatic heterocycles. The van der Waals surface area contributed by atoms with Gasteiger partial charge in [-0.3, -0.25) is 9.59 Å². The molecule has 14 heteroatoms. The molecule has 13 nitrogen and oxygen atoms in total. The number of aromatic nitrogens is 1. The summed E-state index contributed by atoms with van der Waals surface area (Å²) in [5.41, 5.74) is 0.916. The number of carboxylic acids is 1. The largest absolute Gasteiger partial charge is 0.528 e. The van der Waals surface area contributed by atoms with Gasteiger partial charge in [0.05, 0.1) is 29.3 Å². The summed E-state index contributed by atoms with van der Waals surface area (Å²) in [7, 11) is 0. The minimum absolute atomic E-state index is 0.0423. The van der Waals surface area contributed by atoms with Crippen LogP contribution in [0.3, 0.4) is 0 Å². The van der Waals surface area contributed by atoms with E-state index in [1.165, 1.54) is 17.2 Å². The molecule has 3 unspecified atom stereocenters. The van der Waals surface area contributed by atoms with Crippen LogP contribution in [0.25, 0.3) is 0 Å². The van der Waals surface area contributed by atoms with E-state index in [4.69, 9.17) is 25.9 Å². The van der Waals surface area contributed by atoms with Gasteiger partial charge in [0.2, 0.25) is 5.91 Å². The number of pyridine rings is 1. The number of nitrogens with zero attached hydrogens (tertiary/aromatic N) is 2. The molecule has 2 heterocycles. The molecule has 3 atom stereocenters. The molecule has 1 fully saturated rings. The molecule has 2 amide bonds. The number of halogens is 1. The Morgan fingerprint density at radius 1 is 1.02 bits per heavy atom. The number of carboxylic acid groups (broad SMARTS) is 1. The predicted molar refractivity (Wildman–Crippen MR) is 159 cm³/mol. The number of carbonyl (C=O) groups excluding carboxylic acids is 3. The number of ether oxygens (including phenoxy) is 2. The van der Waals surface area contributed by atoms with Crippen molar-refractivity contribution >= 4 is 41.4 Å². The second kappa shape index (κ2) is 16.2. The number of hydrogen-bond acceptors (Lipinski definition) is 10. The van der Waals surface area contributed by atoms with E-state index in [1.54, 1.807) is 30.5 Å². The van der Waals surface area contributed by atoms with Crippen LogP contribution >= 0.6 is 11.6 Å². The Kier molecular flexibility index (Phi) is 11.9. The first-order chi connectivity index (χ1) is 21.3. The van der Waals surface area contributed by atoms with Crippen molar-refractivity contribution in [2.24, 2.45) is 0 Å². The highest BCUT2D eigenvalue weighted by Crippen LogP contribution is 2.22. The Labute approximate surface area is 258 Å². The number of amides is 2. The third-order valence-corrected chi connectivity index (χ3v) is 6.91. The summed E-state index contributed by atoms with van der Waals surface area (Å²) in [6.45, 7) is -0.200. The summed E-state index contributed by atoms with van der Waals surface area (Å²) in [6.07, 6.45) is 0.681. The first-order valence-corrected chi connectivity index (χ1v) is 14.1. The molecule has 3 aromatic rings. The van der Waals surface area contributed by atoms with E-state index in [-0.39, 0.29) is 42.9 Å². The van der Waals surface area contributed by atoms with Crippen LogP contribution < -0.4 is 16.0 Å². The van der Waals surface area contributed by atoms with Gasteiger partial charge >= 0.3 is 12.1 Å². The van der Waals surface area contributed by atoms with Crippen LogP contribution in [0.1, 0.15) is 22.3 Å². The summed E-state index contributed by atoms with van der Waals surface area (Å²) in [5.74, 6) is -1.98. The number of carbonyl (C=O) groups is 4. The second-order valence-electron chi connectivity index (χ2n) is 9.78. The van der Waals surface area contributed by atoms with Gasteiger partial charge in [0.15, 0.2) is 0 Å². The molecule has 1 aromatic heterocycles. The lowest BCUT2D eigenvalue weighted by atomic mass is 10.2. The molecule has 0 spiro atoms. The van der Waals surface area contributed by atoms with Crippen molar-refractivity contribution in [3.63, 3.8) is 0 Å². The third-order valence-electron chi connectivity index (χ3n) is 6.58. The smallest absolute Gasteiger partial charge is 0.480 e. The average Bonchev–Trinajstić information content (AvgIpc) is 3.42. The lowest BCUT2D eigenvalue weighted by molar-refractivity contribution is -0.143. The van der Waals surface area contributed by atoms with E-state index in [0.29, 0.717) is 18.8 Å². The molecule has 4 N–H and O–H groups in total. The first-order valence-electron chi connectivity index (χ1n) is 13.7. The van der Waals surface area contributed by atoms with Crippen LogP contribution in [0.4, 0.5) is 10.6 Å². The molecular formula is C30H32ClN5O8. The second-order valence-corrected chi connectivity index (χ2v) is 10.2. The Bertz CT molecular complexity index is 1410. The summed E-state index contributed by atoms with van der Waals surface area (Å²) in [5, 5.41) is 19.1. The number of hydrogen-bond donors (Lipinski definition) is 4. The molecule has 4 rings (SSSR count). The highest BCUT2D eigenvalue weighted by atomic mass is 35.5. The molecule has 1 aliphatic rings. The standard InChI is InChI=1S/C30H32ClN5O8/c31-24-11-5-4-10-23(24)28(38)35-25(29(39)40)16-34-27(37)19-42-22-14-21(15-33-26-12-6-7-13-32-26)36(17-22)44-30(41)43-18-20-8-2-1-3-9-20/h1-13,21-22,25H,14-19H2,(H,32,33)(H,34,37)(H,35,38)(H,39,40). The zero-order valence-electron chi connectivity index (χ0n) is 23.6. The van der Waals surface area contributed by atoms with Gasteiger partial charge in [-0.2, -0.15) is 0 Å². The molecule has 44 heavy (non-hydrogen) atoms. The zero-order chi connectivity index (χ0) is 31.3. The van der Waals surface area contributed by atoms with Crippen LogP contribution in [-0.2, 0) is 30.5 Å². The van der Waals surface area contributed by atoms with Crippen LogP contribution in [0.2, 0.25) is 5.02 Å². The van der Waals surface area contributed by atoms with E-state index in [9.17, 15) is 24.3 Å². The minimum atomic E-state index is -1.40. The maximum atomic E-state index is 12.5. The number of benzene rings is 2. The molecule has 2 aromatic carbocycles. The lowest BCUT2D eigenvalue weighted by Gasteiger charge is -2.22. The predicted octanol–water partition coefficient (Wildman–Crippen LogP) is 2.87. The first kappa shape index (κ1) is 32.2. The minimum Gasteiger partial charge on any atom is -0.480 e. The Morgan fingerprint density at radius 2 is 1.77 bits per heavy atom. The summed E-state index contributed by atoms with van der Waals surface area (Å²) in [4.78, 5) is 58.8. The maximum Gasteiger partial charge on any atom is 0.528 e. The van der Waals surface area contributed by atoms with Gasteiger partial charge in [0.1, 0.15) is 25.1 Å². The maximum absolute atomic E-state index is 12.5. The monoisotopic (exact) mass is 625 g/mol. The fourth-order valence-corrected chi connectivity index (χ4v) is 4.55. The Hall–Kier alpha value is -4.72. The number of nitrogens with one attached hydrogen (secondary N) is 3. The van der Waals surface area contributed by atoms with Crippen molar-refractivity contribution < 1.29 is 38.6 Å². The molecule has 0 saturated carbocycles. The van der Waals surface area contributed by atoms with Gasteiger partial charge in [0, 0.05) is 19.3 Å². The van der Waals surface area contributed by atoms with E-state index in [1.807, 2.05) is 36.4 Å². The van der Waals surface area contributed by atoms with Crippen molar-refractivity contribution in [2.75, 3.05) is 31.6 Å². The Balaban J connectivity index is 1.27. The fraction of sp³-hybridized carbons (Fsp3) is 0.300. The molecule has 1 saturated heterocycles. The van der Waals surface area contributed by atoms with Gasteiger partial charge in [0.25, 0.3) is 5.91 Å². The number of anilines is 1. The number of hydroxylamine groups is 2. The highest BCUT2D eigenvalue weighted by molar-refractivity contribution is 6.33. The van der Waals surface area contributed by atoms with Crippen molar-refractivity contribution in [1.82, 2.24) is 20.7 Å². The van der Waals surface area contributed by atoms with Gasteiger partial charge in [-0.25, -0.2) is 14.6 Å². The van der Waals surface area contributed by atoms with Crippen molar-refractivity contribution in [2.45, 2.75) is 31.2 Å². The third kappa shape index (κ3) is 9.93. The molecule has 232 valence electrons. The van der Waals surface area contributed by atoms with E-state index in [2.05, 4.69) is 20.9 Å². The normalized spacial score (nSPS) is 16.8. The van der Waals surface area contributed by atoms with Crippen LogP contribution in [-0.4, -0.2) is 83.5 Å². The van der Waals surface area contributed by atoms with Crippen molar-refractivity contribution in [3.05, 3.63) is 95.1 Å². The number of aliphatic carboxylic acids is 1. The van der Waals surface area contributed by atoms with E-state index >= 15 is 0 Å². The average molecular weight is 626 g/mol. The molecule has 0 radical (unpaired) electrons. The molecule has 0 bridgehead atoms. The fourth-order valence-electron chi connectivity index (χ4n) is 4.33.